The summed E-state index contributed by atoms with van der Waals surface area (Å²) in [4.78, 5) is 11.0. The Kier molecular flexibility index (Phi) is 3.56. The highest BCUT2D eigenvalue weighted by Crippen LogP contribution is 2.31. The first-order valence-corrected chi connectivity index (χ1v) is 6.30. The van der Waals surface area contributed by atoms with Crippen LogP contribution >= 0.6 is 31.9 Å². The van der Waals surface area contributed by atoms with Gasteiger partial charge in [0.05, 0.1) is 0 Å². The van der Waals surface area contributed by atoms with Crippen molar-refractivity contribution < 1.29 is 4.79 Å². The Morgan fingerprint density at radius 2 is 1.69 bits per heavy atom. The molecular formula is C13H8Br2O. The normalized spacial score (nSPS) is 10.1. The Labute approximate surface area is 111 Å². The number of aldehydes is 1. The summed E-state index contributed by atoms with van der Waals surface area (Å²) in [5, 5.41) is 0. The van der Waals surface area contributed by atoms with Crippen molar-refractivity contribution >= 4 is 38.1 Å². The summed E-state index contributed by atoms with van der Waals surface area (Å²) in [6.07, 6.45) is 0.875. The van der Waals surface area contributed by atoms with Crippen molar-refractivity contribution in [3.63, 3.8) is 0 Å². The number of carbonyl (C=O) groups excluding carboxylic acids is 1. The van der Waals surface area contributed by atoms with Gasteiger partial charge in [-0.2, -0.15) is 0 Å². The summed E-state index contributed by atoms with van der Waals surface area (Å²) < 4.78 is 1.89. The minimum Gasteiger partial charge on any atom is -0.298 e. The van der Waals surface area contributed by atoms with E-state index in [0.29, 0.717) is 5.56 Å². The van der Waals surface area contributed by atoms with Crippen LogP contribution in [0.1, 0.15) is 10.4 Å². The first kappa shape index (κ1) is 11.6. The molecule has 0 bridgehead atoms. The lowest BCUT2D eigenvalue weighted by Crippen LogP contribution is -1.88. The van der Waals surface area contributed by atoms with Crippen LogP contribution in [0.15, 0.2) is 51.4 Å². The SMILES string of the molecule is O=Cc1cc(Br)ccc1-c1ccccc1Br. The summed E-state index contributed by atoms with van der Waals surface area (Å²) in [6.45, 7) is 0. The molecule has 2 aromatic carbocycles. The van der Waals surface area contributed by atoms with Crippen LogP contribution in [0.3, 0.4) is 0 Å². The molecular weight excluding hydrogens is 332 g/mol. The van der Waals surface area contributed by atoms with Crippen LogP contribution in [0.25, 0.3) is 11.1 Å². The fourth-order valence-electron chi connectivity index (χ4n) is 1.56. The van der Waals surface area contributed by atoms with Gasteiger partial charge < -0.3 is 0 Å². The second kappa shape index (κ2) is 4.93. The third-order valence-electron chi connectivity index (χ3n) is 2.30. The predicted molar refractivity (Wildman–Crippen MR) is 72.7 cm³/mol. The number of hydrogen-bond acceptors (Lipinski definition) is 1. The van der Waals surface area contributed by atoms with Crippen molar-refractivity contribution in [2.45, 2.75) is 0 Å². The third kappa shape index (κ3) is 2.25. The van der Waals surface area contributed by atoms with Gasteiger partial charge in [-0.05, 0) is 29.3 Å². The smallest absolute Gasteiger partial charge is 0.150 e. The lowest BCUT2D eigenvalue weighted by Gasteiger charge is -2.07. The maximum atomic E-state index is 11.0. The first-order valence-electron chi connectivity index (χ1n) is 4.72. The quantitative estimate of drug-likeness (QED) is 0.725. The highest BCUT2D eigenvalue weighted by atomic mass is 79.9. The van der Waals surface area contributed by atoms with E-state index in [0.717, 1.165) is 26.4 Å². The molecule has 2 rings (SSSR count). The van der Waals surface area contributed by atoms with E-state index >= 15 is 0 Å². The number of carbonyl (C=O) groups is 1. The van der Waals surface area contributed by atoms with Crippen LogP contribution in [0.2, 0.25) is 0 Å². The fraction of sp³-hybridized carbons (Fsp3) is 0. The van der Waals surface area contributed by atoms with E-state index in [1.54, 1.807) is 0 Å². The number of hydrogen-bond donors (Lipinski definition) is 0. The van der Waals surface area contributed by atoms with Crippen LogP contribution in [0.4, 0.5) is 0 Å². The molecule has 0 heterocycles. The summed E-state index contributed by atoms with van der Waals surface area (Å²) in [7, 11) is 0. The standard InChI is InChI=1S/C13H8Br2O/c14-10-5-6-11(9(7-10)8-16)12-3-1-2-4-13(12)15/h1-8H. The van der Waals surface area contributed by atoms with Gasteiger partial charge >= 0.3 is 0 Å². The average Bonchev–Trinajstić information content (AvgIpc) is 2.30. The highest BCUT2D eigenvalue weighted by Gasteiger charge is 2.07. The van der Waals surface area contributed by atoms with Crippen molar-refractivity contribution in [2.75, 3.05) is 0 Å². The van der Waals surface area contributed by atoms with E-state index < -0.39 is 0 Å². The van der Waals surface area contributed by atoms with Gasteiger partial charge in [-0.3, -0.25) is 4.79 Å². The zero-order valence-electron chi connectivity index (χ0n) is 8.28. The van der Waals surface area contributed by atoms with Crippen molar-refractivity contribution in [1.82, 2.24) is 0 Å². The molecule has 0 aliphatic carbocycles. The zero-order chi connectivity index (χ0) is 11.5. The Hall–Kier alpha value is -0.930. The lowest BCUT2D eigenvalue weighted by molar-refractivity contribution is 0.112. The molecule has 0 radical (unpaired) electrons. The molecule has 0 aromatic heterocycles. The minimum absolute atomic E-state index is 0.682. The predicted octanol–water partition coefficient (Wildman–Crippen LogP) is 4.69. The van der Waals surface area contributed by atoms with Crippen molar-refractivity contribution in [3.05, 3.63) is 57.0 Å². The van der Waals surface area contributed by atoms with Crippen LogP contribution in [-0.2, 0) is 0 Å². The van der Waals surface area contributed by atoms with E-state index in [1.165, 1.54) is 0 Å². The monoisotopic (exact) mass is 338 g/mol. The van der Waals surface area contributed by atoms with E-state index in [-0.39, 0.29) is 0 Å². The van der Waals surface area contributed by atoms with E-state index in [4.69, 9.17) is 0 Å². The maximum Gasteiger partial charge on any atom is 0.150 e. The van der Waals surface area contributed by atoms with Gasteiger partial charge in [-0.15, -0.1) is 0 Å². The molecule has 0 aliphatic rings. The van der Waals surface area contributed by atoms with Gasteiger partial charge in [0.1, 0.15) is 0 Å². The molecule has 80 valence electrons. The molecule has 0 saturated carbocycles. The van der Waals surface area contributed by atoms with Crippen molar-refractivity contribution in [1.29, 1.82) is 0 Å². The van der Waals surface area contributed by atoms with E-state index in [1.807, 2.05) is 42.5 Å². The summed E-state index contributed by atoms with van der Waals surface area (Å²) in [5.74, 6) is 0. The largest absolute Gasteiger partial charge is 0.298 e. The van der Waals surface area contributed by atoms with Gasteiger partial charge in [0, 0.05) is 14.5 Å². The second-order valence-electron chi connectivity index (χ2n) is 3.33. The molecule has 0 unspecified atom stereocenters. The fourth-order valence-corrected chi connectivity index (χ4v) is 2.43. The molecule has 3 heteroatoms. The molecule has 0 atom stereocenters. The second-order valence-corrected chi connectivity index (χ2v) is 5.10. The van der Waals surface area contributed by atoms with Crippen LogP contribution in [0, 0.1) is 0 Å². The topological polar surface area (TPSA) is 17.1 Å². The van der Waals surface area contributed by atoms with Gasteiger partial charge in [0.25, 0.3) is 0 Å². The Balaban J connectivity index is 2.65. The first-order chi connectivity index (χ1) is 7.72. The number of rotatable bonds is 2. The molecule has 0 fully saturated rings. The third-order valence-corrected chi connectivity index (χ3v) is 3.49. The van der Waals surface area contributed by atoms with E-state index in [2.05, 4.69) is 31.9 Å². The Morgan fingerprint density at radius 1 is 0.938 bits per heavy atom. The van der Waals surface area contributed by atoms with E-state index in [9.17, 15) is 4.79 Å². The molecule has 0 amide bonds. The van der Waals surface area contributed by atoms with Crippen LogP contribution in [0.5, 0.6) is 0 Å². The van der Waals surface area contributed by atoms with Gasteiger partial charge in [0.2, 0.25) is 0 Å². The molecule has 0 aliphatic heterocycles. The molecule has 0 N–H and O–H groups in total. The lowest BCUT2D eigenvalue weighted by atomic mass is 10.0. The summed E-state index contributed by atoms with van der Waals surface area (Å²) in [6, 6.07) is 13.5. The highest BCUT2D eigenvalue weighted by molar-refractivity contribution is 9.10. The van der Waals surface area contributed by atoms with Gasteiger partial charge in [0.15, 0.2) is 6.29 Å². The summed E-state index contributed by atoms with van der Waals surface area (Å²) >= 11 is 6.84. The Morgan fingerprint density at radius 3 is 2.38 bits per heavy atom. The van der Waals surface area contributed by atoms with Crippen LogP contribution in [-0.4, -0.2) is 6.29 Å². The Bertz CT molecular complexity index is 535. The van der Waals surface area contributed by atoms with Gasteiger partial charge in [-0.25, -0.2) is 0 Å². The van der Waals surface area contributed by atoms with Crippen molar-refractivity contribution in [2.24, 2.45) is 0 Å². The van der Waals surface area contributed by atoms with Crippen LogP contribution < -0.4 is 0 Å². The van der Waals surface area contributed by atoms with Gasteiger partial charge in [-0.1, -0.05) is 56.1 Å². The average molecular weight is 340 g/mol. The maximum absolute atomic E-state index is 11.0. The molecule has 16 heavy (non-hydrogen) atoms. The molecule has 1 nitrogen and oxygen atoms in total. The minimum atomic E-state index is 0.682. The molecule has 0 saturated heterocycles. The number of halogens is 2. The van der Waals surface area contributed by atoms with Crippen molar-refractivity contribution in [3.8, 4) is 11.1 Å². The zero-order valence-corrected chi connectivity index (χ0v) is 11.5. The molecule has 0 spiro atoms. The molecule has 2 aromatic rings. The number of benzene rings is 2. The summed E-state index contributed by atoms with van der Waals surface area (Å²) in [5.41, 5.74) is 2.64.